The highest BCUT2D eigenvalue weighted by atomic mass is 19.1. The second kappa shape index (κ2) is 8.27. The summed E-state index contributed by atoms with van der Waals surface area (Å²) in [5.41, 5.74) is -0.389. The van der Waals surface area contributed by atoms with Gasteiger partial charge in [-0.15, -0.1) is 0 Å². The maximum Gasteiger partial charge on any atom is 0.244 e. The van der Waals surface area contributed by atoms with Gasteiger partial charge in [0.2, 0.25) is 11.3 Å². The zero-order chi connectivity index (χ0) is 22.0. The minimum atomic E-state index is -0.611. The van der Waals surface area contributed by atoms with E-state index in [0.717, 1.165) is 12.1 Å². The molecule has 6 nitrogen and oxygen atoms in total. The van der Waals surface area contributed by atoms with E-state index in [9.17, 15) is 23.2 Å². The van der Waals surface area contributed by atoms with E-state index in [1.54, 1.807) is 6.07 Å². The molecule has 0 aliphatic heterocycles. The quantitative estimate of drug-likeness (QED) is 0.502. The average molecular weight is 419 g/mol. The Labute approximate surface area is 174 Å². The van der Waals surface area contributed by atoms with Crippen molar-refractivity contribution in [3.8, 4) is 0 Å². The number of carbonyl (C=O) groups excluding carboxylic acids is 2. The van der Waals surface area contributed by atoms with Gasteiger partial charge in [0.15, 0.2) is 5.78 Å². The van der Waals surface area contributed by atoms with Gasteiger partial charge in [0.05, 0.1) is 16.8 Å². The molecule has 0 spiro atoms. The lowest BCUT2D eigenvalue weighted by Gasteiger charge is -2.14. The summed E-state index contributed by atoms with van der Waals surface area (Å²) in [7, 11) is 0. The number of anilines is 1. The largest absolute Gasteiger partial charge is 0.337 e. The van der Waals surface area contributed by atoms with E-state index in [2.05, 4.69) is 10.3 Å². The molecule has 0 atom stereocenters. The van der Waals surface area contributed by atoms with Crippen LogP contribution in [0, 0.1) is 11.6 Å². The number of fused-ring (bicyclic) bond motifs is 1. The first-order valence-corrected chi connectivity index (χ1v) is 9.26. The molecule has 0 aliphatic rings. The molecule has 1 amide bonds. The van der Waals surface area contributed by atoms with E-state index in [4.69, 9.17) is 0 Å². The van der Waals surface area contributed by atoms with E-state index < -0.39 is 28.8 Å². The van der Waals surface area contributed by atoms with Crippen LogP contribution < -0.4 is 10.7 Å². The van der Waals surface area contributed by atoms with Crippen LogP contribution in [-0.4, -0.2) is 21.2 Å². The van der Waals surface area contributed by atoms with E-state index in [-0.39, 0.29) is 34.3 Å². The summed E-state index contributed by atoms with van der Waals surface area (Å²) >= 11 is 0. The first-order chi connectivity index (χ1) is 14.9. The van der Waals surface area contributed by atoms with E-state index in [1.165, 1.54) is 59.6 Å². The Hall–Kier alpha value is -4.20. The van der Waals surface area contributed by atoms with E-state index >= 15 is 0 Å². The molecule has 154 valence electrons. The fourth-order valence-electron chi connectivity index (χ4n) is 3.22. The minimum absolute atomic E-state index is 0.0166. The lowest BCUT2D eigenvalue weighted by molar-refractivity contribution is -0.116. The van der Waals surface area contributed by atoms with Gasteiger partial charge in [-0.25, -0.2) is 8.78 Å². The van der Waals surface area contributed by atoms with Crippen LogP contribution in [-0.2, 0) is 11.3 Å². The van der Waals surface area contributed by atoms with Crippen molar-refractivity contribution in [2.75, 3.05) is 5.32 Å². The van der Waals surface area contributed by atoms with Crippen LogP contribution in [0.3, 0.4) is 0 Å². The number of aromatic nitrogens is 2. The molecule has 0 radical (unpaired) electrons. The van der Waals surface area contributed by atoms with Gasteiger partial charge in [-0.2, -0.15) is 0 Å². The highest BCUT2D eigenvalue weighted by Gasteiger charge is 2.19. The van der Waals surface area contributed by atoms with Crippen molar-refractivity contribution in [3.05, 3.63) is 106 Å². The molecule has 2 aromatic carbocycles. The molecule has 0 aliphatic carbocycles. The zero-order valence-corrected chi connectivity index (χ0v) is 16.0. The number of benzene rings is 2. The molecule has 0 saturated carbocycles. The van der Waals surface area contributed by atoms with Crippen LogP contribution in [0.1, 0.15) is 15.9 Å². The number of nitrogens with one attached hydrogen (secondary N) is 1. The Bertz CT molecular complexity index is 1370. The molecule has 31 heavy (non-hydrogen) atoms. The summed E-state index contributed by atoms with van der Waals surface area (Å²) in [5.74, 6) is -2.38. The van der Waals surface area contributed by atoms with Crippen LogP contribution in [0.4, 0.5) is 14.5 Å². The summed E-state index contributed by atoms with van der Waals surface area (Å²) in [5, 5.41) is 2.52. The Morgan fingerprint density at radius 2 is 1.74 bits per heavy atom. The van der Waals surface area contributed by atoms with Crippen molar-refractivity contribution in [2.45, 2.75) is 6.54 Å². The van der Waals surface area contributed by atoms with E-state index in [0.29, 0.717) is 0 Å². The lowest BCUT2D eigenvalue weighted by atomic mass is 10.0. The fraction of sp³-hybridized carbons (Fsp3) is 0.0435. The molecular weight excluding hydrogens is 404 g/mol. The Morgan fingerprint density at radius 3 is 2.48 bits per heavy atom. The number of pyridine rings is 2. The van der Waals surface area contributed by atoms with Crippen molar-refractivity contribution in [1.29, 1.82) is 0 Å². The molecule has 0 saturated heterocycles. The predicted molar refractivity (Wildman–Crippen MR) is 111 cm³/mol. The van der Waals surface area contributed by atoms with Gasteiger partial charge >= 0.3 is 0 Å². The van der Waals surface area contributed by atoms with Gasteiger partial charge < -0.3 is 9.88 Å². The van der Waals surface area contributed by atoms with Gasteiger partial charge in [0.1, 0.15) is 18.2 Å². The highest BCUT2D eigenvalue weighted by molar-refractivity contribution is 6.10. The number of rotatable bonds is 5. The highest BCUT2D eigenvalue weighted by Crippen LogP contribution is 2.17. The van der Waals surface area contributed by atoms with Gasteiger partial charge in [0, 0.05) is 29.5 Å². The second-order valence-corrected chi connectivity index (χ2v) is 6.75. The Morgan fingerprint density at radius 1 is 1.00 bits per heavy atom. The lowest BCUT2D eigenvalue weighted by Crippen LogP contribution is -2.24. The predicted octanol–water partition coefficient (Wildman–Crippen LogP) is 3.54. The Balaban J connectivity index is 1.78. The maximum atomic E-state index is 13.9. The first-order valence-electron chi connectivity index (χ1n) is 9.26. The molecule has 0 fully saturated rings. The monoisotopic (exact) mass is 419 g/mol. The number of halogens is 2. The summed E-state index contributed by atoms with van der Waals surface area (Å²) in [6.07, 6.45) is 4.06. The number of ketones is 1. The van der Waals surface area contributed by atoms with Crippen LogP contribution in [0.25, 0.3) is 10.9 Å². The minimum Gasteiger partial charge on any atom is -0.337 e. The van der Waals surface area contributed by atoms with Crippen molar-refractivity contribution in [3.63, 3.8) is 0 Å². The standard InChI is InChI=1S/C23H15F2N3O3/c24-15-5-6-16-20(11-15)28(13-21(29)27-19-4-2-1-3-18(19)25)12-17(23(16)31)22(30)14-7-9-26-10-8-14/h1-12H,13H2,(H,27,29). The summed E-state index contributed by atoms with van der Waals surface area (Å²) in [4.78, 5) is 42.2. The van der Waals surface area contributed by atoms with Crippen molar-refractivity contribution < 1.29 is 18.4 Å². The van der Waals surface area contributed by atoms with Crippen molar-refractivity contribution in [2.24, 2.45) is 0 Å². The smallest absolute Gasteiger partial charge is 0.244 e. The SMILES string of the molecule is O=C(Cn1cc(C(=O)c2ccncc2)c(=O)c2ccc(F)cc21)Nc1ccccc1F. The summed E-state index contributed by atoms with van der Waals surface area (Å²) < 4.78 is 29.0. The number of nitrogens with zero attached hydrogens (tertiary/aromatic N) is 2. The zero-order valence-electron chi connectivity index (χ0n) is 16.0. The molecule has 0 bridgehead atoms. The number of carbonyl (C=O) groups is 2. The van der Waals surface area contributed by atoms with Crippen LogP contribution >= 0.6 is 0 Å². The number of amides is 1. The molecule has 8 heteroatoms. The van der Waals surface area contributed by atoms with Crippen molar-refractivity contribution >= 4 is 28.3 Å². The molecule has 1 N–H and O–H groups in total. The third kappa shape index (κ3) is 4.09. The Kier molecular flexibility index (Phi) is 5.36. The van der Waals surface area contributed by atoms with Gasteiger partial charge in [0.25, 0.3) is 0 Å². The normalized spacial score (nSPS) is 10.8. The number of hydrogen-bond acceptors (Lipinski definition) is 4. The maximum absolute atomic E-state index is 13.9. The fourth-order valence-corrected chi connectivity index (χ4v) is 3.22. The molecule has 2 aromatic heterocycles. The average Bonchev–Trinajstić information content (AvgIpc) is 2.77. The molecule has 2 heterocycles. The van der Waals surface area contributed by atoms with E-state index in [1.807, 2.05) is 0 Å². The van der Waals surface area contributed by atoms with Gasteiger partial charge in [-0.1, -0.05) is 12.1 Å². The topological polar surface area (TPSA) is 81.1 Å². The molecule has 0 unspecified atom stereocenters. The van der Waals surface area contributed by atoms with Gasteiger partial charge in [-0.3, -0.25) is 19.4 Å². The summed E-state index contributed by atoms with van der Waals surface area (Å²) in [6.45, 7) is -0.370. The molecule has 4 rings (SSSR count). The number of hydrogen-bond donors (Lipinski definition) is 1. The van der Waals surface area contributed by atoms with Crippen LogP contribution in [0.15, 0.2) is 78.0 Å². The third-order valence-electron chi connectivity index (χ3n) is 4.69. The van der Waals surface area contributed by atoms with Crippen LogP contribution in [0.5, 0.6) is 0 Å². The molecular formula is C23H15F2N3O3. The second-order valence-electron chi connectivity index (χ2n) is 6.75. The third-order valence-corrected chi connectivity index (χ3v) is 4.69. The van der Waals surface area contributed by atoms with Crippen molar-refractivity contribution in [1.82, 2.24) is 9.55 Å². The molecule has 4 aromatic rings. The first kappa shape index (κ1) is 20.1. The van der Waals surface area contributed by atoms with Crippen LogP contribution in [0.2, 0.25) is 0 Å². The number of para-hydroxylation sites is 1. The summed E-state index contributed by atoms with van der Waals surface area (Å²) in [6, 6.07) is 12.1. The van der Waals surface area contributed by atoms with Gasteiger partial charge in [-0.05, 0) is 42.5 Å².